The number of hydrogen-bond acceptors (Lipinski definition) is 6. The molecular weight excluding hydrogens is 288 g/mol. The molecule has 0 aliphatic rings. The summed E-state index contributed by atoms with van der Waals surface area (Å²) in [4.78, 5) is 12.0. The molecule has 2 aromatic rings. The first-order chi connectivity index (χ1) is 10.6. The minimum atomic E-state index is -0.220. The molecule has 1 heterocycles. The molecule has 0 fully saturated rings. The van der Waals surface area contributed by atoms with E-state index in [9.17, 15) is 4.79 Å². The van der Waals surface area contributed by atoms with E-state index >= 15 is 0 Å². The quantitative estimate of drug-likeness (QED) is 0.881. The fraction of sp³-hybridized carbons (Fsp3) is 0.333. The fourth-order valence-electron chi connectivity index (χ4n) is 2.02. The van der Waals surface area contributed by atoms with Gasteiger partial charge < -0.3 is 24.1 Å². The van der Waals surface area contributed by atoms with Gasteiger partial charge in [0.15, 0.2) is 11.5 Å². The Bertz CT molecular complexity index is 641. The second-order valence-electron chi connectivity index (χ2n) is 4.57. The Morgan fingerprint density at radius 3 is 2.23 bits per heavy atom. The zero-order valence-electron chi connectivity index (χ0n) is 12.9. The van der Waals surface area contributed by atoms with Crippen LogP contribution < -0.4 is 19.5 Å². The van der Waals surface area contributed by atoms with Crippen LogP contribution in [-0.2, 0) is 11.2 Å². The summed E-state index contributed by atoms with van der Waals surface area (Å²) in [5.41, 5.74) is 1.11. The summed E-state index contributed by atoms with van der Waals surface area (Å²) in [6, 6.07) is 5.04. The first-order valence-corrected chi connectivity index (χ1v) is 6.59. The van der Waals surface area contributed by atoms with Crippen molar-refractivity contribution in [1.82, 2.24) is 5.16 Å². The van der Waals surface area contributed by atoms with Crippen molar-refractivity contribution in [1.29, 1.82) is 0 Å². The molecule has 0 saturated carbocycles. The highest BCUT2D eigenvalue weighted by Crippen LogP contribution is 2.39. The Morgan fingerprint density at radius 2 is 1.77 bits per heavy atom. The van der Waals surface area contributed by atoms with E-state index in [1.54, 1.807) is 25.1 Å². The summed E-state index contributed by atoms with van der Waals surface area (Å²) in [6.45, 7) is 1.77. The second kappa shape index (κ2) is 6.84. The van der Waals surface area contributed by atoms with Crippen molar-refractivity contribution in [2.45, 2.75) is 13.3 Å². The first kappa shape index (κ1) is 15.7. The van der Waals surface area contributed by atoms with E-state index in [-0.39, 0.29) is 12.3 Å². The normalized spacial score (nSPS) is 10.2. The monoisotopic (exact) mass is 306 g/mol. The molecule has 1 amide bonds. The predicted molar refractivity (Wildman–Crippen MR) is 79.7 cm³/mol. The predicted octanol–water partition coefficient (Wildman–Crippen LogP) is 2.19. The number of aryl methyl sites for hydroxylation is 1. The van der Waals surface area contributed by atoms with Crippen molar-refractivity contribution < 1.29 is 23.5 Å². The topological polar surface area (TPSA) is 82.8 Å². The molecule has 0 aliphatic carbocycles. The molecule has 7 nitrogen and oxygen atoms in total. The zero-order valence-corrected chi connectivity index (χ0v) is 12.9. The van der Waals surface area contributed by atoms with E-state index in [1.165, 1.54) is 21.3 Å². The number of rotatable bonds is 6. The van der Waals surface area contributed by atoms with Crippen LogP contribution in [-0.4, -0.2) is 32.4 Å². The van der Waals surface area contributed by atoms with Gasteiger partial charge in [-0.25, -0.2) is 0 Å². The Kier molecular flexibility index (Phi) is 4.88. The lowest BCUT2D eigenvalue weighted by Gasteiger charge is -2.14. The minimum Gasteiger partial charge on any atom is -0.493 e. The molecule has 0 saturated heterocycles. The summed E-state index contributed by atoms with van der Waals surface area (Å²) in [7, 11) is 4.55. The molecule has 0 bridgehead atoms. The van der Waals surface area contributed by atoms with Gasteiger partial charge in [0.05, 0.1) is 33.4 Å². The average Bonchev–Trinajstić information content (AvgIpc) is 2.90. The first-order valence-electron chi connectivity index (χ1n) is 6.59. The van der Waals surface area contributed by atoms with Gasteiger partial charge in [-0.1, -0.05) is 5.16 Å². The lowest BCUT2D eigenvalue weighted by atomic mass is 10.2. The number of nitrogens with one attached hydrogen (secondary N) is 1. The molecule has 1 N–H and O–H groups in total. The van der Waals surface area contributed by atoms with E-state index in [1.807, 2.05) is 0 Å². The molecule has 0 spiro atoms. The standard InChI is InChI=1S/C15H18N2O5/c1-9-5-11(17-22-9)8-14(18)16-10-6-12(19-2)15(21-4)13(7-10)20-3/h5-7H,8H2,1-4H3,(H,16,18). The van der Waals surface area contributed by atoms with E-state index in [0.29, 0.717) is 34.4 Å². The number of aromatic nitrogens is 1. The Morgan fingerprint density at radius 1 is 1.14 bits per heavy atom. The molecule has 0 aliphatic heterocycles. The van der Waals surface area contributed by atoms with Gasteiger partial charge in [-0.2, -0.15) is 0 Å². The highest BCUT2D eigenvalue weighted by molar-refractivity contribution is 5.92. The Balaban J connectivity index is 2.16. The van der Waals surface area contributed by atoms with Crippen LogP contribution in [0.25, 0.3) is 0 Å². The van der Waals surface area contributed by atoms with Crippen LogP contribution in [0.5, 0.6) is 17.2 Å². The van der Waals surface area contributed by atoms with Crippen molar-refractivity contribution in [2.75, 3.05) is 26.6 Å². The Hall–Kier alpha value is -2.70. The number of amides is 1. The lowest BCUT2D eigenvalue weighted by molar-refractivity contribution is -0.115. The second-order valence-corrected chi connectivity index (χ2v) is 4.57. The third-order valence-electron chi connectivity index (χ3n) is 2.97. The van der Waals surface area contributed by atoms with Crippen molar-refractivity contribution in [3.8, 4) is 17.2 Å². The maximum atomic E-state index is 12.0. The number of nitrogens with zero attached hydrogens (tertiary/aromatic N) is 1. The van der Waals surface area contributed by atoms with Gasteiger partial charge in [-0.3, -0.25) is 4.79 Å². The molecule has 0 unspecified atom stereocenters. The maximum absolute atomic E-state index is 12.0. The third kappa shape index (κ3) is 3.49. The van der Waals surface area contributed by atoms with Gasteiger partial charge in [0.25, 0.3) is 0 Å². The molecule has 1 aromatic heterocycles. The number of methoxy groups -OCH3 is 3. The number of benzene rings is 1. The third-order valence-corrected chi connectivity index (χ3v) is 2.97. The van der Waals surface area contributed by atoms with Crippen LogP contribution in [0.3, 0.4) is 0 Å². The SMILES string of the molecule is COc1cc(NC(=O)Cc2cc(C)on2)cc(OC)c1OC. The molecule has 0 radical (unpaired) electrons. The van der Waals surface area contributed by atoms with Crippen molar-refractivity contribution >= 4 is 11.6 Å². The largest absolute Gasteiger partial charge is 0.493 e. The molecule has 0 atom stereocenters. The van der Waals surface area contributed by atoms with Crippen molar-refractivity contribution in [3.63, 3.8) is 0 Å². The van der Waals surface area contributed by atoms with E-state index in [0.717, 1.165) is 0 Å². The molecule has 118 valence electrons. The van der Waals surface area contributed by atoms with Crippen LogP contribution in [0.2, 0.25) is 0 Å². The van der Waals surface area contributed by atoms with Crippen LogP contribution in [0, 0.1) is 6.92 Å². The number of carbonyl (C=O) groups excluding carboxylic acids is 1. The van der Waals surface area contributed by atoms with Gasteiger partial charge in [-0.15, -0.1) is 0 Å². The summed E-state index contributed by atoms with van der Waals surface area (Å²) in [5, 5.41) is 6.55. The highest BCUT2D eigenvalue weighted by Gasteiger charge is 2.15. The van der Waals surface area contributed by atoms with Crippen LogP contribution in [0.1, 0.15) is 11.5 Å². The maximum Gasteiger partial charge on any atom is 0.230 e. The van der Waals surface area contributed by atoms with Crippen LogP contribution >= 0.6 is 0 Å². The van der Waals surface area contributed by atoms with Gasteiger partial charge >= 0.3 is 0 Å². The number of anilines is 1. The summed E-state index contributed by atoms with van der Waals surface area (Å²) in [6.07, 6.45) is 0.119. The van der Waals surface area contributed by atoms with Crippen LogP contribution in [0.4, 0.5) is 5.69 Å². The van der Waals surface area contributed by atoms with E-state index in [4.69, 9.17) is 18.7 Å². The average molecular weight is 306 g/mol. The van der Waals surface area contributed by atoms with E-state index < -0.39 is 0 Å². The highest BCUT2D eigenvalue weighted by atomic mass is 16.5. The number of hydrogen-bond donors (Lipinski definition) is 1. The van der Waals surface area contributed by atoms with Gasteiger partial charge in [0, 0.05) is 23.9 Å². The zero-order chi connectivity index (χ0) is 16.1. The lowest BCUT2D eigenvalue weighted by Crippen LogP contribution is -2.14. The van der Waals surface area contributed by atoms with E-state index in [2.05, 4.69) is 10.5 Å². The molecule has 22 heavy (non-hydrogen) atoms. The molecule has 7 heteroatoms. The summed E-state index contributed by atoms with van der Waals surface area (Å²) < 4.78 is 20.6. The number of ether oxygens (including phenoxy) is 3. The summed E-state index contributed by atoms with van der Waals surface area (Å²) in [5.74, 6) is 1.84. The van der Waals surface area contributed by atoms with Gasteiger partial charge in [0.2, 0.25) is 11.7 Å². The van der Waals surface area contributed by atoms with Crippen molar-refractivity contribution in [3.05, 3.63) is 29.7 Å². The van der Waals surface area contributed by atoms with Gasteiger partial charge in [0.1, 0.15) is 5.76 Å². The molecule has 1 aromatic carbocycles. The molecular formula is C15H18N2O5. The fourth-order valence-corrected chi connectivity index (χ4v) is 2.02. The number of carbonyl (C=O) groups is 1. The summed E-state index contributed by atoms with van der Waals surface area (Å²) >= 11 is 0. The van der Waals surface area contributed by atoms with Gasteiger partial charge in [-0.05, 0) is 6.92 Å². The van der Waals surface area contributed by atoms with Crippen molar-refractivity contribution in [2.24, 2.45) is 0 Å². The van der Waals surface area contributed by atoms with Crippen LogP contribution in [0.15, 0.2) is 22.7 Å². The molecule has 2 rings (SSSR count). The smallest absolute Gasteiger partial charge is 0.230 e. The minimum absolute atomic E-state index is 0.119. The Labute approximate surface area is 128 Å².